The Morgan fingerprint density at radius 3 is 2.21 bits per heavy atom. The van der Waals surface area contributed by atoms with Gasteiger partial charge in [0.25, 0.3) is 0 Å². The molecule has 0 N–H and O–H groups in total. The number of hydrogen-bond acceptors (Lipinski definition) is 4. The Morgan fingerprint density at radius 2 is 1.52 bits per heavy atom. The number of benzene rings is 2. The maximum atomic E-state index is 12.5. The second-order valence-electron chi connectivity index (χ2n) is 7.17. The van der Waals surface area contributed by atoms with Gasteiger partial charge in [-0.3, -0.25) is 0 Å². The van der Waals surface area contributed by atoms with E-state index in [4.69, 9.17) is 14.2 Å². The zero-order chi connectivity index (χ0) is 20.9. The van der Waals surface area contributed by atoms with E-state index in [-0.39, 0.29) is 6.10 Å². The van der Waals surface area contributed by atoms with Crippen molar-refractivity contribution < 1.29 is 19.0 Å². The summed E-state index contributed by atoms with van der Waals surface area (Å²) in [6.45, 7) is 7.46. The molecule has 0 aliphatic rings. The molecular formula is C25H34O4. The third-order valence-corrected chi connectivity index (χ3v) is 4.84. The van der Waals surface area contributed by atoms with Crippen molar-refractivity contribution in [3.63, 3.8) is 0 Å². The summed E-state index contributed by atoms with van der Waals surface area (Å²) in [5.41, 5.74) is 1.54. The van der Waals surface area contributed by atoms with Gasteiger partial charge in [-0.25, -0.2) is 4.79 Å². The topological polar surface area (TPSA) is 44.8 Å². The predicted molar refractivity (Wildman–Crippen MR) is 117 cm³/mol. The smallest absolute Gasteiger partial charge is 0.343 e. The molecule has 0 aromatic heterocycles. The van der Waals surface area contributed by atoms with E-state index in [1.165, 1.54) is 25.7 Å². The van der Waals surface area contributed by atoms with Crippen molar-refractivity contribution in [2.24, 2.45) is 0 Å². The first-order chi connectivity index (χ1) is 14.2. The summed E-state index contributed by atoms with van der Waals surface area (Å²) < 4.78 is 17.0. The Morgan fingerprint density at radius 1 is 0.862 bits per heavy atom. The normalized spacial score (nSPS) is 11.8. The predicted octanol–water partition coefficient (Wildman–Crippen LogP) is 6.74. The van der Waals surface area contributed by atoms with Crippen molar-refractivity contribution in [1.82, 2.24) is 0 Å². The monoisotopic (exact) mass is 398 g/mol. The first-order valence-corrected chi connectivity index (χ1v) is 10.8. The number of ether oxygens (including phenoxy) is 3. The van der Waals surface area contributed by atoms with Crippen LogP contribution >= 0.6 is 0 Å². The molecule has 2 aromatic rings. The van der Waals surface area contributed by atoms with E-state index in [0.29, 0.717) is 30.3 Å². The minimum atomic E-state index is -0.392. The molecule has 0 saturated carbocycles. The van der Waals surface area contributed by atoms with E-state index in [2.05, 4.69) is 6.92 Å². The summed E-state index contributed by atoms with van der Waals surface area (Å²) in [7, 11) is 0. The van der Waals surface area contributed by atoms with Gasteiger partial charge >= 0.3 is 5.97 Å². The molecule has 0 aliphatic carbocycles. The third kappa shape index (κ3) is 7.90. The molecule has 158 valence electrons. The van der Waals surface area contributed by atoms with Crippen LogP contribution in [0.5, 0.6) is 11.5 Å². The molecule has 0 spiro atoms. The number of carbonyl (C=O) groups is 1. The second kappa shape index (κ2) is 13.0. The molecule has 0 aliphatic heterocycles. The van der Waals surface area contributed by atoms with Crippen LogP contribution in [0.3, 0.4) is 0 Å². The highest BCUT2D eigenvalue weighted by molar-refractivity contribution is 5.91. The molecule has 0 radical (unpaired) electrons. The Kier molecular flexibility index (Phi) is 10.3. The quantitative estimate of drug-likeness (QED) is 0.213. The highest BCUT2D eigenvalue weighted by Gasteiger charge is 2.13. The van der Waals surface area contributed by atoms with Crippen LogP contribution in [0.4, 0.5) is 0 Å². The Hall–Kier alpha value is -2.33. The number of unbranched alkanes of at least 4 members (excludes halogenated alkanes) is 5. The Labute approximate surface area is 175 Å². The van der Waals surface area contributed by atoms with Crippen LogP contribution in [0.25, 0.3) is 0 Å². The molecule has 4 heteroatoms. The van der Waals surface area contributed by atoms with Crippen molar-refractivity contribution >= 4 is 5.97 Å². The molecule has 4 nitrogen and oxygen atoms in total. The highest BCUT2D eigenvalue weighted by Crippen LogP contribution is 2.28. The van der Waals surface area contributed by atoms with Gasteiger partial charge in [0, 0.05) is 6.61 Å². The fourth-order valence-corrected chi connectivity index (χ4v) is 3.11. The minimum Gasteiger partial charge on any atom is -0.490 e. The molecular weight excluding hydrogens is 364 g/mol. The standard InChI is InChI=1S/C25H34O4/c1-4-6-7-8-9-12-19-28-23-13-10-11-14-24(23)29-25(26)22-17-15-21(16-18-22)20(3)27-5-2/h10-11,13-18,20H,4-9,12,19H2,1-3H3. The van der Waals surface area contributed by atoms with Gasteiger partial charge in [-0.1, -0.05) is 63.3 Å². The van der Waals surface area contributed by atoms with Crippen LogP contribution in [-0.4, -0.2) is 19.2 Å². The zero-order valence-corrected chi connectivity index (χ0v) is 18.0. The van der Waals surface area contributed by atoms with Gasteiger partial charge in [-0.05, 0) is 50.1 Å². The number of carbonyl (C=O) groups excluding carboxylic acids is 1. The molecule has 0 fully saturated rings. The summed E-state index contributed by atoms with van der Waals surface area (Å²) >= 11 is 0. The van der Waals surface area contributed by atoms with E-state index in [9.17, 15) is 4.79 Å². The lowest BCUT2D eigenvalue weighted by Gasteiger charge is -2.13. The average Bonchev–Trinajstić information content (AvgIpc) is 2.74. The van der Waals surface area contributed by atoms with Crippen molar-refractivity contribution in [3.05, 3.63) is 59.7 Å². The molecule has 2 aromatic carbocycles. The lowest BCUT2D eigenvalue weighted by Crippen LogP contribution is -2.10. The van der Waals surface area contributed by atoms with Gasteiger partial charge in [-0.15, -0.1) is 0 Å². The van der Waals surface area contributed by atoms with Crippen LogP contribution < -0.4 is 9.47 Å². The Bertz CT molecular complexity index is 724. The molecule has 1 unspecified atom stereocenters. The maximum Gasteiger partial charge on any atom is 0.343 e. The van der Waals surface area contributed by atoms with Crippen LogP contribution in [-0.2, 0) is 4.74 Å². The fourth-order valence-electron chi connectivity index (χ4n) is 3.11. The summed E-state index contributed by atoms with van der Waals surface area (Å²) in [6.07, 6.45) is 7.24. The van der Waals surface area contributed by atoms with E-state index in [1.807, 2.05) is 44.2 Å². The van der Waals surface area contributed by atoms with Crippen LogP contribution in [0.2, 0.25) is 0 Å². The van der Waals surface area contributed by atoms with Crippen molar-refractivity contribution in [3.8, 4) is 11.5 Å². The molecule has 0 amide bonds. The second-order valence-corrected chi connectivity index (χ2v) is 7.17. The van der Waals surface area contributed by atoms with E-state index >= 15 is 0 Å². The number of rotatable bonds is 13. The molecule has 2 rings (SSSR count). The van der Waals surface area contributed by atoms with Crippen LogP contribution in [0.1, 0.15) is 81.3 Å². The fraction of sp³-hybridized carbons (Fsp3) is 0.480. The van der Waals surface area contributed by atoms with Gasteiger partial charge in [0.2, 0.25) is 0 Å². The average molecular weight is 399 g/mol. The highest BCUT2D eigenvalue weighted by atomic mass is 16.6. The lowest BCUT2D eigenvalue weighted by molar-refractivity contribution is 0.0723. The van der Waals surface area contributed by atoms with Crippen LogP contribution in [0.15, 0.2) is 48.5 Å². The minimum absolute atomic E-state index is 0.00108. The molecule has 29 heavy (non-hydrogen) atoms. The Balaban J connectivity index is 1.88. The van der Waals surface area contributed by atoms with E-state index < -0.39 is 5.97 Å². The third-order valence-electron chi connectivity index (χ3n) is 4.84. The van der Waals surface area contributed by atoms with Gasteiger partial charge in [0.1, 0.15) is 0 Å². The van der Waals surface area contributed by atoms with Gasteiger partial charge < -0.3 is 14.2 Å². The van der Waals surface area contributed by atoms with Crippen LogP contribution in [0, 0.1) is 0 Å². The summed E-state index contributed by atoms with van der Waals surface area (Å²) in [6, 6.07) is 14.7. The molecule has 0 saturated heterocycles. The van der Waals surface area contributed by atoms with Gasteiger partial charge in [0.05, 0.1) is 18.3 Å². The van der Waals surface area contributed by atoms with Crippen molar-refractivity contribution in [1.29, 1.82) is 0 Å². The SMILES string of the molecule is CCCCCCCCOc1ccccc1OC(=O)c1ccc(C(C)OCC)cc1. The molecule has 0 heterocycles. The van der Waals surface area contributed by atoms with Crippen molar-refractivity contribution in [2.45, 2.75) is 65.4 Å². The molecule has 1 atom stereocenters. The number of hydrogen-bond donors (Lipinski definition) is 0. The molecule has 0 bridgehead atoms. The van der Waals surface area contributed by atoms with Crippen molar-refractivity contribution in [2.75, 3.05) is 13.2 Å². The lowest BCUT2D eigenvalue weighted by atomic mass is 10.1. The largest absolute Gasteiger partial charge is 0.490 e. The zero-order valence-electron chi connectivity index (χ0n) is 18.0. The van der Waals surface area contributed by atoms with Gasteiger partial charge in [0.15, 0.2) is 11.5 Å². The maximum absolute atomic E-state index is 12.5. The summed E-state index contributed by atoms with van der Waals surface area (Å²) in [5, 5.41) is 0. The summed E-state index contributed by atoms with van der Waals surface area (Å²) in [5.74, 6) is 0.669. The number of esters is 1. The van der Waals surface area contributed by atoms with Gasteiger partial charge in [-0.2, -0.15) is 0 Å². The summed E-state index contributed by atoms with van der Waals surface area (Å²) in [4.78, 5) is 12.5. The number of para-hydroxylation sites is 2. The first-order valence-electron chi connectivity index (χ1n) is 10.8. The van der Waals surface area contributed by atoms with E-state index in [1.54, 1.807) is 18.2 Å². The first kappa shape index (κ1) is 23.0. The van der Waals surface area contributed by atoms with E-state index in [0.717, 1.165) is 18.4 Å².